The highest BCUT2D eigenvalue weighted by atomic mass is 32.2. The first-order chi connectivity index (χ1) is 14.1. The highest BCUT2D eigenvalue weighted by molar-refractivity contribution is 7.94. The summed E-state index contributed by atoms with van der Waals surface area (Å²) in [5, 5.41) is 10.1. The summed E-state index contributed by atoms with van der Waals surface area (Å²) in [7, 11) is -4.22. The van der Waals surface area contributed by atoms with Gasteiger partial charge in [-0.25, -0.2) is 21.6 Å². The number of fused-ring (bicyclic) bond motifs is 1. The molecule has 0 aliphatic carbocycles. The number of aromatic amines is 1. The summed E-state index contributed by atoms with van der Waals surface area (Å²) >= 11 is 0.750. The van der Waals surface area contributed by atoms with Crippen LogP contribution in [0.4, 0.5) is 23.9 Å². The third-order valence-corrected chi connectivity index (χ3v) is 7.81. The molecule has 2 aromatic heterocycles. The van der Waals surface area contributed by atoms with Gasteiger partial charge in [-0.15, -0.1) is 11.3 Å². The van der Waals surface area contributed by atoms with Gasteiger partial charge in [0.25, 0.3) is 21.5 Å². The van der Waals surface area contributed by atoms with E-state index in [1.807, 2.05) is 0 Å². The van der Waals surface area contributed by atoms with Gasteiger partial charge in [0.1, 0.15) is 16.1 Å². The summed E-state index contributed by atoms with van der Waals surface area (Å²) in [5.74, 6) is -4.17. The van der Waals surface area contributed by atoms with Gasteiger partial charge in [-0.1, -0.05) is 0 Å². The highest BCUT2D eigenvalue weighted by Gasteiger charge is 2.44. The van der Waals surface area contributed by atoms with Crippen molar-refractivity contribution in [1.82, 2.24) is 4.98 Å². The fourth-order valence-corrected chi connectivity index (χ4v) is 5.60. The number of aliphatic hydroxyl groups is 1. The first kappa shape index (κ1) is 20.7. The Morgan fingerprint density at radius 1 is 1.27 bits per heavy atom. The Labute approximate surface area is 172 Å². The Hall–Kier alpha value is -2.57. The minimum Gasteiger partial charge on any atom is -0.387 e. The van der Waals surface area contributed by atoms with Gasteiger partial charge in [0.2, 0.25) is 0 Å². The van der Waals surface area contributed by atoms with Crippen molar-refractivity contribution in [2.75, 3.05) is 22.7 Å². The number of sulfonamides is 1. The van der Waals surface area contributed by atoms with Crippen LogP contribution in [-0.4, -0.2) is 43.6 Å². The zero-order valence-corrected chi connectivity index (χ0v) is 16.9. The predicted molar refractivity (Wildman–Crippen MR) is 107 cm³/mol. The number of thiophene rings is 1. The van der Waals surface area contributed by atoms with E-state index in [2.05, 4.69) is 9.71 Å². The van der Waals surface area contributed by atoms with Crippen LogP contribution < -0.4 is 15.2 Å². The van der Waals surface area contributed by atoms with Gasteiger partial charge in [0, 0.05) is 18.1 Å². The zero-order chi connectivity index (χ0) is 21.7. The molecule has 1 aromatic carbocycles. The van der Waals surface area contributed by atoms with Gasteiger partial charge in [-0.3, -0.25) is 9.52 Å². The van der Waals surface area contributed by atoms with Crippen molar-refractivity contribution in [3.8, 4) is 0 Å². The Morgan fingerprint density at radius 2 is 2.03 bits per heavy atom. The van der Waals surface area contributed by atoms with E-state index in [1.54, 1.807) is 0 Å². The first-order valence-electron chi connectivity index (χ1n) is 8.81. The Morgan fingerprint density at radius 3 is 2.77 bits per heavy atom. The van der Waals surface area contributed by atoms with Crippen molar-refractivity contribution in [2.24, 2.45) is 0 Å². The predicted octanol–water partition coefficient (Wildman–Crippen LogP) is 2.74. The smallest absolute Gasteiger partial charge is 0.290 e. The second-order valence-corrected chi connectivity index (χ2v) is 9.88. The van der Waals surface area contributed by atoms with E-state index in [4.69, 9.17) is 0 Å². The maximum atomic E-state index is 14.4. The van der Waals surface area contributed by atoms with E-state index >= 15 is 0 Å². The van der Waals surface area contributed by atoms with Crippen molar-refractivity contribution < 1.29 is 26.7 Å². The second-order valence-electron chi connectivity index (χ2n) is 6.91. The number of alkyl halides is 2. The lowest BCUT2D eigenvalue weighted by atomic mass is 10.0. The topological polar surface area (TPSA) is 102 Å². The number of halogens is 3. The van der Waals surface area contributed by atoms with Crippen LogP contribution in [0.25, 0.3) is 10.8 Å². The molecule has 1 aliphatic heterocycles. The van der Waals surface area contributed by atoms with Crippen LogP contribution in [0.15, 0.2) is 45.5 Å². The number of rotatable bonds is 4. The van der Waals surface area contributed by atoms with Crippen molar-refractivity contribution in [3.63, 3.8) is 0 Å². The number of hydrogen-bond acceptors (Lipinski definition) is 6. The fourth-order valence-electron chi connectivity index (χ4n) is 3.22. The summed E-state index contributed by atoms with van der Waals surface area (Å²) in [6.45, 7) is -0.587. The maximum Gasteiger partial charge on any atom is 0.290 e. The molecule has 3 N–H and O–H groups in total. The van der Waals surface area contributed by atoms with E-state index in [1.165, 1.54) is 29.3 Å². The fraction of sp³-hybridized carbons (Fsp3) is 0.278. The Balaban J connectivity index is 1.61. The summed E-state index contributed by atoms with van der Waals surface area (Å²) in [6.07, 6.45) is -0.538. The maximum absolute atomic E-state index is 14.4. The summed E-state index contributed by atoms with van der Waals surface area (Å²) < 4.78 is 69.2. The number of pyridine rings is 1. The molecule has 3 heterocycles. The lowest BCUT2D eigenvalue weighted by Gasteiger charge is -2.36. The number of aromatic nitrogens is 1. The molecular weight excluding hydrogens is 443 g/mol. The number of nitrogens with one attached hydrogen (secondary N) is 2. The molecule has 3 aromatic rings. The van der Waals surface area contributed by atoms with Crippen LogP contribution in [0.5, 0.6) is 0 Å². The lowest BCUT2D eigenvalue weighted by Crippen LogP contribution is -2.51. The molecule has 1 unspecified atom stereocenters. The van der Waals surface area contributed by atoms with E-state index < -0.39 is 45.7 Å². The molecule has 0 amide bonds. The molecule has 1 atom stereocenters. The number of piperidine rings is 1. The van der Waals surface area contributed by atoms with Gasteiger partial charge in [-0.05, 0) is 42.1 Å². The van der Waals surface area contributed by atoms with Gasteiger partial charge >= 0.3 is 0 Å². The number of H-pyrrole nitrogens is 1. The molecule has 160 valence electrons. The third kappa shape index (κ3) is 3.77. The van der Waals surface area contributed by atoms with Crippen LogP contribution in [-0.2, 0) is 10.0 Å². The van der Waals surface area contributed by atoms with E-state index in [-0.39, 0.29) is 27.6 Å². The van der Waals surface area contributed by atoms with Crippen LogP contribution in [0.1, 0.15) is 6.42 Å². The Kier molecular flexibility index (Phi) is 5.03. The molecule has 1 fully saturated rings. The van der Waals surface area contributed by atoms with Gasteiger partial charge in [0.15, 0.2) is 0 Å². The third-order valence-electron chi connectivity index (χ3n) is 4.81. The van der Waals surface area contributed by atoms with Gasteiger partial charge in [0.05, 0.1) is 17.2 Å². The van der Waals surface area contributed by atoms with Crippen molar-refractivity contribution >= 4 is 42.8 Å². The molecule has 0 saturated carbocycles. The average Bonchev–Trinajstić information content (AvgIpc) is 3.16. The van der Waals surface area contributed by atoms with Gasteiger partial charge in [-0.2, -0.15) is 0 Å². The standard InChI is InChI=1S/C18H16F3N3O4S2/c19-12-7-10-3-5-22-17(26)11(10)8-13(12)23-30(27,28)16-2-1-15(29-16)24-6-4-14(25)18(20,21)9-24/h1-3,5,7-8,14,23,25H,4,6,9H2,(H,22,26). The number of benzene rings is 1. The normalized spacial score (nSPS) is 19.2. The molecule has 0 radical (unpaired) electrons. The molecule has 0 bridgehead atoms. The molecule has 1 aliphatic rings. The number of hydrogen-bond donors (Lipinski definition) is 3. The minimum absolute atomic E-state index is 0.109. The quantitative estimate of drug-likeness (QED) is 0.557. The first-order valence-corrected chi connectivity index (χ1v) is 11.1. The molecule has 7 nitrogen and oxygen atoms in total. The van der Waals surface area contributed by atoms with E-state index in [9.17, 15) is 31.5 Å². The van der Waals surface area contributed by atoms with E-state index in [0.29, 0.717) is 5.39 Å². The number of anilines is 2. The molecule has 1 saturated heterocycles. The molecular formula is C18H16F3N3O4S2. The van der Waals surface area contributed by atoms with Crippen LogP contribution >= 0.6 is 11.3 Å². The molecule has 4 rings (SSSR count). The summed E-state index contributed by atoms with van der Waals surface area (Å²) in [4.78, 5) is 15.6. The SMILES string of the molecule is O=c1[nH]ccc2cc(F)c(NS(=O)(=O)c3ccc(N4CCC(O)C(F)(F)C4)s3)cc12. The Bertz CT molecular complexity index is 1270. The number of aliphatic hydroxyl groups excluding tert-OH is 1. The summed E-state index contributed by atoms with van der Waals surface area (Å²) in [6, 6.07) is 6.24. The molecule has 30 heavy (non-hydrogen) atoms. The molecule has 12 heteroatoms. The number of nitrogens with zero attached hydrogens (tertiary/aromatic N) is 1. The zero-order valence-electron chi connectivity index (χ0n) is 15.2. The highest BCUT2D eigenvalue weighted by Crippen LogP contribution is 2.36. The monoisotopic (exact) mass is 459 g/mol. The van der Waals surface area contributed by atoms with Crippen molar-refractivity contribution in [1.29, 1.82) is 0 Å². The minimum atomic E-state index is -4.22. The van der Waals surface area contributed by atoms with Crippen molar-refractivity contribution in [3.05, 3.63) is 52.7 Å². The summed E-state index contributed by atoms with van der Waals surface area (Å²) in [5.41, 5.74) is -0.902. The van der Waals surface area contributed by atoms with Crippen LogP contribution in [0.2, 0.25) is 0 Å². The largest absolute Gasteiger partial charge is 0.387 e. The average molecular weight is 459 g/mol. The van der Waals surface area contributed by atoms with Crippen molar-refractivity contribution in [2.45, 2.75) is 22.7 Å². The van der Waals surface area contributed by atoms with E-state index in [0.717, 1.165) is 23.5 Å². The lowest BCUT2D eigenvalue weighted by molar-refractivity contribution is -0.113. The van der Waals surface area contributed by atoms with Crippen LogP contribution in [0.3, 0.4) is 0 Å². The van der Waals surface area contributed by atoms with Crippen LogP contribution in [0, 0.1) is 5.82 Å². The molecule has 0 spiro atoms. The van der Waals surface area contributed by atoms with Gasteiger partial charge < -0.3 is 15.0 Å². The second kappa shape index (κ2) is 7.29.